The minimum absolute atomic E-state index is 0.0306. The number of rotatable bonds is 4. The average Bonchev–Trinajstić information content (AvgIpc) is 2.29. The van der Waals surface area contributed by atoms with Crippen molar-refractivity contribution in [3.8, 4) is 0 Å². The maximum Gasteiger partial charge on any atom is 0.240 e. The van der Waals surface area contributed by atoms with Gasteiger partial charge in [0.2, 0.25) is 5.91 Å². The molecule has 1 heterocycles. The standard InChI is InChI=1S/C13H26N2O2/c1-6-10(2)15-9-13(3,4)14(5)11(7-8-16)12(15)17/h10-11,16H,6-9H2,1-5H3. The van der Waals surface area contributed by atoms with Crippen LogP contribution in [0.5, 0.6) is 0 Å². The van der Waals surface area contributed by atoms with E-state index >= 15 is 0 Å². The lowest BCUT2D eigenvalue weighted by atomic mass is 9.92. The predicted octanol–water partition coefficient (Wildman–Crippen LogP) is 1.09. The Kier molecular flexibility index (Phi) is 4.55. The molecule has 0 aromatic heterocycles. The molecule has 2 atom stereocenters. The van der Waals surface area contributed by atoms with E-state index in [0.717, 1.165) is 13.0 Å². The second-order valence-corrected chi connectivity index (χ2v) is 5.67. The first kappa shape index (κ1) is 14.5. The Balaban J connectivity index is 2.94. The van der Waals surface area contributed by atoms with Crippen LogP contribution in [0.15, 0.2) is 0 Å². The van der Waals surface area contributed by atoms with Crippen LogP contribution in [0.4, 0.5) is 0 Å². The van der Waals surface area contributed by atoms with Crippen molar-refractivity contribution >= 4 is 5.91 Å². The lowest BCUT2D eigenvalue weighted by Crippen LogP contribution is -2.66. The normalized spacial score (nSPS) is 27.3. The van der Waals surface area contributed by atoms with Gasteiger partial charge in [-0.05, 0) is 40.7 Å². The molecule has 4 nitrogen and oxygen atoms in total. The number of hydrogen-bond donors (Lipinski definition) is 1. The maximum atomic E-state index is 12.4. The first-order valence-electron chi connectivity index (χ1n) is 6.49. The van der Waals surface area contributed by atoms with Crippen LogP contribution in [0.1, 0.15) is 40.5 Å². The fraction of sp³-hybridized carbons (Fsp3) is 0.923. The second kappa shape index (κ2) is 5.36. The Hall–Kier alpha value is -0.610. The summed E-state index contributed by atoms with van der Waals surface area (Å²) in [4.78, 5) is 16.5. The number of hydrogen-bond acceptors (Lipinski definition) is 3. The molecule has 1 amide bonds. The van der Waals surface area contributed by atoms with Crippen LogP contribution in [0, 0.1) is 0 Å². The molecule has 1 fully saturated rings. The van der Waals surface area contributed by atoms with Crippen LogP contribution in [0.2, 0.25) is 0 Å². The summed E-state index contributed by atoms with van der Waals surface area (Å²) in [5.74, 6) is 0.162. The molecular weight excluding hydrogens is 216 g/mol. The minimum Gasteiger partial charge on any atom is -0.396 e. The molecule has 0 saturated carbocycles. The molecule has 0 aromatic carbocycles. The molecular formula is C13H26N2O2. The van der Waals surface area contributed by atoms with Crippen molar-refractivity contribution in [2.45, 2.75) is 58.2 Å². The van der Waals surface area contributed by atoms with Crippen LogP contribution < -0.4 is 0 Å². The van der Waals surface area contributed by atoms with E-state index in [9.17, 15) is 4.79 Å². The van der Waals surface area contributed by atoms with Crippen molar-refractivity contribution in [3.63, 3.8) is 0 Å². The van der Waals surface area contributed by atoms with Gasteiger partial charge in [0.15, 0.2) is 0 Å². The molecule has 0 bridgehead atoms. The van der Waals surface area contributed by atoms with Crippen molar-refractivity contribution in [2.75, 3.05) is 20.2 Å². The van der Waals surface area contributed by atoms with Gasteiger partial charge in [0.25, 0.3) is 0 Å². The second-order valence-electron chi connectivity index (χ2n) is 5.67. The lowest BCUT2D eigenvalue weighted by molar-refractivity contribution is -0.152. The van der Waals surface area contributed by atoms with E-state index in [1.165, 1.54) is 0 Å². The summed E-state index contributed by atoms with van der Waals surface area (Å²) in [6.07, 6.45) is 1.49. The first-order valence-corrected chi connectivity index (χ1v) is 6.49. The fourth-order valence-electron chi connectivity index (χ4n) is 2.42. The topological polar surface area (TPSA) is 43.8 Å². The minimum atomic E-state index is -0.183. The van der Waals surface area contributed by atoms with Gasteiger partial charge in [0, 0.05) is 24.7 Å². The van der Waals surface area contributed by atoms with Crippen molar-refractivity contribution in [1.29, 1.82) is 0 Å². The Morgan fingerprint density at radius 1 is 1.53 bits per heavy atom. The predicted molar refractivity (Wildman–Crippen MR) is 68.8 cm³/mol. The summed E-state index contributed by atoms with van der Waals surface area (Å²) in [7, 11) is 1.98. The maximum absolute atomic E-state index is 12.4. The molecule has 0 aromatic rings. The van der Waals surface area contributed by atoms with Gasteiger partial charge in [-0.15, -0.1) is 0 Å². The molecule has 0 spiro atoms. The van der Waals surface area contributed by atoms with Gasteiger partial charge < -0.3 is 10.0 Å². The molecule has 0 aliphatic carbocycles. The van der Waals surface area contributed by atoms with E-state index in [2.05, 4.69) is 32.6 Å². The number of carbonyl (C=O) groups excluding carboxylic acids is 1. The molecule has 1 aliphatic heterocycles. The molecule has 1 aliphatic rings. The van der Waals surface area contributed by atoms with Gasteiger partial charge in [-0.25, -0.2) is 0 Å². The van der Waals surface area contributed by atoms with Crippen LogP contribution in [0.25, 0.3) is 0 Å². The van der Waals surface area contributed by atoms with Gasteiger partial charge in [0.1, 0.15) is 0 Å². The zero-order valence-corrected chi connectivity index (χ0v) is 11.7. The third-order valence-electron chi connectivity index (χ3n) is 4.07. The monoisotopic (exact) mass is 242 g/mol. The average molecular weight is 242 g/mol. The molecule has 4 heteroatoms. The first-order chi connectivity index (χ1) is 7.85. The quantitative estimate of drug-likeness (QED) is 0.802. The number of likely N-dealkylation sites (N-methyl/N-ethyl adjacent to an activating group) is 1. The zero-order valence-electron chi connectivity index (χ0n) is 11.7. The summed E-state index contributed by atoms with van der Waals surface area (Å²) in [6.45, 7) is 9.32. The molecule has 100 valence electrons. The van der Waals surface area contributed by atoms with Crippen molar-refractivity contribution < 1.29 is 9.90 Å². The molecule has 1 saturated heterocycles. The Morgan fingerprint density at radius 2 is 2.12 bits per heavy atom. The largest absolute Gasteiger partial charge is 0.396 e. The van der Waals surface area contributed by atoms with Crippen molar-refractivity contribution in [3.05, 3.63) is 0 Å². The molecule has 2 unspecified atom stereocenters. The Labute approximate surface area is 105 Å². The summed E-state index contributed by atoms with van der Waals surface area (Å²) < 4.78 is 0. The number of carbonyl (C=O) groups is 1. The number of aliphatic hydroxyl groups is 1. The van der Waals surface area contributed by atoms with Crippen molar-refractivity contribution in [2.24, 2.45) is 0 Å². The highest BCUT2D eigenvalue weighted by atomic mass is 16.3. The third-order valence-corrected chi connectivity index (χ3v) is 4.07. The van der Waals surface area contributed by atoms with Crippen LogP contribution >= 0.6 is 0 Å². The van der Waals surface area contributed by atoms with Gasteiger partial charge in [-0.1, -0.05) is 6.92 Å². The van der Waals surface area contributed by atoms with Gasteiger partial charge in [-0.3, -0.25) is 9.69 Å². The summed E-state index contributed by atoms with van der Waals surface area (Å²) in [6, 6.07) is 0.0921. The fourth-order valence-corrected chi connectivity index (χ4v) is 2.42. The smallest absolute Gasteiger partial charge is 0.240 e. The van der Waals surface area contributed by atoms with E-state index < -0.39 is 0 Å². The number of piperazine rings is 1. The highest BCUT2D eigenvalue weighted by Crippen LogP contribution is 2.27. The molecule has 1 N–H and O–H groups in total. The van der Waals surface area contributed by atoms with Gasteiger partial charge in [-0.2, -0.15) is 0 Å². The number of nitrogens with zero attached hydrogens (tertiary/aromatic N) is 2. The highest BCUT2D eigenvalue weighted by Gasteiger charge is 2.43. The summed E-state index contributed by atoms with van der Waals surface area (Å²) >= 11 is 0. The van der Waals surface area contributed by atoms with Crippen LogP contribution in [0.3, 0.4) is 0 Å². The van der Waals surface area contributed by atoms with Crippen LogP contribution in [-0.2, 0) is 4.79 Å². The van der Waals surface area contributed by atoms with Gasteiger partial charge in [0.05, 0.1) is 6.04 Å². The molecule has 0 radical (unpaired) electrons. The molecule has 1 rings (SSSR count). The zero-order chi connectivity index (χ0) is 13.2. The van der Waals surface area contributed by atoms with E-state index in [1.54, 1.807) is 0 Å². The highest BCUT2D eigenvalue weighted by molar-refractivity contribution is 5.83. The lowest BCUT2D eigenvalue weighted by Gasteiger charge is -2.51. The van der Waals surface area contributed by atoms with E-state index in [1.807, 2.05) is 11.9 Å². The van der Waals surface area contributed by atoms with Crippen LogP contribution in [-0.4, -0.2) is 58.6 Å². The third kappa shape index (κ3) is 2.80. The summed E-state index contributed by atoms with van der Waals surface area (Å²) in [5, 5.41) is 9.11. The van der Waals surface area contributed by atoms with E-state index in [-0.39, 0.29) is 30.1 Å². The van der Waals surface area contributed by atoms with E-state index in [4.69, 9.17) is 5.11 Å². The number of aliphatic hydroxyl groups excluding tert-OH is 1. The SMILES string of the molecule is CCC(C)N1CC(C)(C)N(C)C(CCO)C1=O. The Morgan fingerprint density at radius 3 is 2.59 bits per heavy atom. The molecule has 17 heavy (non-hydrogen) atoms. The van der Waals surface area contributed by atoms with E-state index in [0.29, 0.717) is 6.42 Å². The van der Waals surface area contributed by atoms with Crippen molar-refractivity contribution in [1.82, 2.24) is 9.80 Å². The Bertz CT molecular complexity index is 275. The van der Waals surface area contributed by atoms with Gasteiger partial charge >= 0.3 is 0 Å². The number of amides is 1. The summed E-state index contributed by atoms with van der Waals surface area (Å²) in [5.41, 5.74) is -0.0306.